The number of hydrogen-bond acceptors (Lipinski definition) is 6. The van der Waals surface area contributed by atoms with Crippen LogP contribution in [0.1, 0.15) is 35.3 Å². The average molecular weight is 462 g/mol. The highest BCUT2D eigenvalue weighted by atomic mass is 32.2. The molecule has 0 radical (unpaired) electrons. The molecule has 33 heavy (non-hydrogen) atoms. The quantitative estimate of drug-likeness (QED) is 0.418. The molecule has 4 aromatic rings. The summed E-state index contributed by atoms with van der Waals surface area (Å²) in [7, 11) is -3.34. The number of nitrogens with one attached hydrogen (secondary N) is 3. The van der Waals surface area contributed by atoms with Crippen molar-refractivity contribution in [2.75, 3.05) is 5.32 Å². The molecule has 0 spiro atoms. The van der Waals surface area contributed by atoms with Gasteiger partial charge in [-0.25, -0.2) is 18.4 Å². The highest BCUT2D eigenvalue weighted by Crippen LogP contribution is 2.26. The molecule has 0 unspecified atom stereocenters. The van der Waals surface area contributed by atoms with Crippen molar-refractivity contribution in [3.63, 3.8) is 0 Å². The molecule has 8 nitrogen and oxygen atoms in total. The Balaban J connectivity index is 1.43. The fourth-order valence-corrected chi connectivity index (χ4v) is 4.90. The number of sulfone groups is 1. The van der Waals surface area contributed by atoms with Crippen molar-refractivity contribution < 1.29 is 13.2 Å². The van der Waals surface area contributed by atoms with Crippen molar-refractivity contribution in [1.82, 2.24) is 20.3 Å². The number of fused-ring (bicyclic) bond motifs is 2. The molecule has 9 heteroatoms. The van der Waals surface area contributed by atoms with Crippen LogP contribution in [-0.2, 0) is 22.9 Å². The number of hydrogen-bond donors (Lipinski definition) is 3. The van der Waals surface area contributed by atoms with E-state index in [1.807, 2.05) is 18.2 Å². The summed E-state index contributed by atoms with van der Waals surface area (Å²) in [5.41, 5.74) is 5.84. The Hall–Kier alpha value is -3.56. The monoisotopic (exact) mass is 461 g/mol. The molecule has 0 aliphatic carbocycles. The van der Waals surface area contributed by atoms with E-state index in [0.29, 0.717) is 28.1 Å². The molecule has 0 bridgehead atoms. The topological polar surface area (TPSA) is 117 Å². The molecule has 2 aromatic heterocycles. The highest BCUT2D eigenvalue weighted by molar-refractivity contribution is 7.92. The average Bonchev–Trinajstić information content (AvgIpc) is 3.45. The maximum absolute atomic E-state index is 12.8. The van der Waals surface area contributed by atoms with E-state index >= 15 is 0 Å². The first-order valence-corrected chi connectivity index (χ1v) is 12.2. The summed E-state index contributed by atoms with van der Waals surface area (Å²) in [6.45, 7) is 4.89. The van der Waals surface area contributed by atoms with E-state index in [2.05, 4.69) is 25.6 Å². The van der Waals surface area contributed by atoms with Crippen LogP contribution in [0.2, 0.25) is 0 Å². The Labute approximate surface area is 191 Å². The summed E-state index contributed by atoms with van der Waals surface area (Å²) < 4.78 is 24.7. The molecule has 0 saturated heterocycles. The zero-order valence-electron chi connectivity index (χ0n) is 18.2. The number of carbonyl (C=O) groups excluding carboxylic acids is 1. The summed E-state index contributed by atoms with van der Waals surface area (Å²) in [4.78, 5) is 25.2. The third kappa shape index (κ3) is 3.90. The normalized spacial score (nSPS) is 13.4. The fourth-order valence-electron chi connectivity index (χ4n) is 3.84. The van der Waals surface area contributed by atoms with Gasteiger partial charge < -0.3 is 15.6 Å². The first kappa shape index (κ1) is 21.3. The van der Waals surface area contributed by atoms with Crippen molar-refractivity contribution in [2.24, 2.45) is 0 Å². The molecule has 0 atom stereocenters. The third-order valence-electron chi connectivity index (χ3n) is 5.83. The van der Waals surface area contributed by atoms with Gasteiger partial charge in [0.1, 0.15) is 5.52 Å². The van der Waals surface area contributed by atoms with E-state index < -0.39 is 15.1 Å². The standard InChI is InChI=1S/C24H23N5O3S/c1-14(2)33(31,32)19-7-5-15(6-8-19)20-12-26-23-22(28-20)21(13-27-23)29-24(30)16-3-4-17-10-25-11-18(17)9-16/h3-9,12-14,25H,10-11H2,1-2H3,(H,26,27)(H,29,30). The molecule has 0 fully saturated rings. The van der Waals surface area contributed by atoms with E-state index in [1.54, 1.807) is 50.5 Å². The second-order valence-corrected chi connectivity index (χ2v) is 10.8. The first-order valence-electron chi connectivity index (χ1n) is 10.7. The lowest BCUT2D eigenvalue weighted by Gasteiger charge is -2.09. The minimum Gasteiger partial charge on any atom is -0.343 e. The molecular weight excluding hydrogens is 438 g/mol. The van der Waals surface area contributed by atoms with Crippen molar-refractivity contribution in [3.8, 4) is 11.3 Å². The minimum absolute atomic E-state index is 0.221. The zero-order chi connectivity index (χ0) is 23.2. The molecular formula is C24H23N5O3S. The van der Waals surface area contributed by atoms with E-state index in [1.165, 1.54) is 5.56 Å². The van der Waals surface area contributed by atoms with Crippen LogP contribution in [0.25, 0.3) is 22.4 Å². The maximum atomic E-state index is 12.8. The van der Waals surface area contributed by atoms with Gasteiger partial charge in [0.05, 0.1) is 27.7 Å². The van der Waals surface area contributed by atoms with Gasteiger partial charge in [-0.2, -0.15) is 0 Å². The van der Waals surface area contributed by atoms with E-state index in [0.717, 1.165) is 24.2 Å². The summed E-state index contributed by atoms with van der Waals surface area (Å²) in [5.74, 6) is -0.221. The van der Waals surface area contributed by atoms with Crippen molar-refractivity contribution in [2.45, 2.75) is 37.1 Å². The number of aromatic nitrogens is 3. The molecule has 3 heterocycles. The Kier molecular flexibility index (Phi) is 5.22. The number of H-pyrrole nitrogens is 1. The second-order valence-electron chi connectivity index (χ2n) is 8.31. The van der Waals surface area contributed by atoms with E-state index in [4.69, 9.17) is 0 Å². The number of anilines is 1. The Morgan fingerprint density at radius 3 is 2.58 bits per heavy atom. The zero-order valence-corrected chi connectivity index (χ0v) is 19.0. The molecule has 1 aliphatic rings. The van der Waals surface area contributed by atoms with Crippen LogP contribution in [0.5, 0.6) is 0 Å². The van der Waals surface area contributed by atoms with Gasteiger partial charge in [0.15, 0.2) is 15.5 Å². The van der Waals surface area contributed by atoms with Crippen LogP contribution >= 0.6 is 0 Å². The highest BCUT2D eigenvalue weighted by Gasteiger charge is 2.19. The summed E-state index contributed by atoms with van der Waals surface area (Å²) in [5, 5.41) is 5.70. The Morgan fingerprint density at radius 2 is 1.82 bits per heavy atom. The third-order valence-corrected chi connectivity index (χ3v) is 8.00. The lowest BCUT2D eigenvalue weighted by molar-refractivity contribution is 0.102. The number of amides is 1. The number of benzene rings is 2. The first-order chi connectivity index (χ1) is 15.8. The van der Waals surface area contributed by atoms with Crippen LogP contribution in [0.15, 0.2) is 59.8 Å². The van der Waals surface area contributed by atoms with Crippen LogP contribution in [0.4, 0.5) is 5.69 Å². The summed E-state index contributed by atoms with van der Waals surface area (Å²) in [6, 6.07) is 12.3. The Morgan fingerprint density at radius 1 is 1.06 bits per heavy atom. The molecule has 5 rings (SSSR count). The lowest BCUT2D eigenvalue weighted by atomic mass is 10.1. The molecule has 1 amide bonds. The van der Waals surface area contributed by atoms with Gasteiger partial charge >= 0.3 is 0 Å². The lowest BCUT2D eigenvalue weighted by Crippen LogP contribution is -2.13. The van der Waals surface area contributed by atoms with Crippen LogP contribution in [0, 0.1) is 0 Å². The molecule has 168 valence electrons. The van der Waals surface area contributed by atoms with Gasteiger partial charge in [-0.15, -0.1) is 0 Å². The maximum Gasteiger partial charge on any atom is 0.255 e. The van der Waals surface area contributed by atoms with E-state index in [-0.39, 0.29) is 10.8 Å². The van der Waals surface area contributed by atoms with Gasteiger partial charge in [0.2, 0.25) is 0 Å². The SMILES string of the molecule is CC(C)S(=O)(=O)c1ccc(-c2cnc3[nH]cc(NC(=O)c4ccc5c(c4)CNC5)c3n2)cc1. The van der Waals surface area contributed by atoms with Crippen LogP contribution in [-0.4, -0.2) is 34.5 Å². The van der Waals surface area contributed by atoms with Gasteiger partial charge in [-0.1, -0.05) is 18.2 Å². The smallest absolute Gasteiger partial charge is 0.255 e. The number of rotatable bonds is 5. The molecule has 2 aromatic carbocycles. The van der Waals surface area contributed by atoms with Crippen molar-refractivity contribution >= 4 is 32.6 Å². The van der Waals surface area contributed by atoms with Crippen molar-refractivity contribution in [1.29, 1.82) is 0 Å². The van der Waals surface area contributed by atoms with Gasteiger partial charge in [-0.05, 0) is 49.2 Å². The largest absolute Gasteiger partial charge is 0.343 e. The summed E-state index contributed by atoms with van der Waals surface area (Å²) >= 11 is 0. The van der Waals surface area contributed by atoms with E-state index in [9.17, 15) is 13.2 Å². The summed E-state index contributed by atoms with van der Waals surface area (Å²) in [6.07, 6.45) is 3.28. The molecule has 3 N–H and O–H groups in total. The Bertz CT molecular complexity index is 1470. The number of aromatic amines is 1. The van der Waals surface area contributed by atoms with Gasteiger partial charge in [0.25, 0.3) is 5.91 Å². The fraction of sp³-hybridized carbons (Fsp3) is 0.208. The van der Waals surface area contributed by atoms with Crippen LogP contribution < -0.4 is 10.6 Å². The molecule has 1 aliphatic heterocycles. The van der Waals surface area contributed by atoms with Crippen LogP contribution in [0.3, 0.4) is 0 Å². The predicted molar refractivity (Wildman–Crippen MR) is 127 cm³/mol. The predicted octanol–water partition coefficient (Wildman–Crippen LogP) is 3.66. The minimum atomic E-state index is -3.34. The number of carbonyl (C=O) groups is 1. The molecule has 0 saturated carbocycles. The van der Waals surface area contributed by atoms with Gasteiger partial charge in [-0.3, -0.25) is 4.79 Å². The number of nitrogens with zero attached hydrogens (tertiary/aromatic N) is 2. The van der Waals surface area contributed by atoms with Gasteiger partial charge in [0, 0.05) is 30.4 Å². The second kappa shape index (κ2) is 8.09. The van der Waals surface area contributed by atoms with Crippen molar-refractivity contribution in [3.05, 3.63) is 71.5 Å².